The molecule has 0 aliphatic heterocycles. The lowest BCUT2D eigenvalue weighted by molar-refractivity contribution is 0.282. The number of ether oxygens (including phenoxy) is 1. The van der Waals surface area contributed by atoms with Crippen molar-refractivity contribution in [2.75, 3.05) is 19.0 Å². The lowest BCUT2D eigenvalue weighted by Crippen LogP contribution is -2.16. The van der Waals surface area contributed by atoms with Crippen molar-refractivity contribution in [3.05, 3.63) is 17.8 Å². The van der Waals surface area contributed by atoms with Crippen LogP contribution in [0.5, 0.6) is 5.88 Å². The van der Waals surface area contributed by atoms with Gasteiger partial charge in [-0.1, -0.05) is 0 Å². The monoisotopic (exact) mass is 224 g/mol. The first kappa shape index (κ1) is 12.8. The third-order valence-corrected chi connectivity index (χ3v) is 2.38. The van der Waals surface area contributed by atoms with Crippen molar-refractivity contribution >= 4 is 5.69 Å². The lowest BCUT2D eigenvalue weighted by atomic mass is 10.2. The molecule has 1 heterocycles. The van der Waals surface area contributed by atoms with Crippen molar-refractivity contribution < 1.29 is 9.84 Å². The van der Waals surface area contributed by atoms with E-state index in [0.717, 1.165) is 24.1 Å². The molecule has 1 atom stereocenters. The van der Waals surface area contributed by atoms with E-state index < -0.39 is 0 Å². The summed E-state index contributed by atoms with van der Waals surface area (Å²) in [5, 5.41) is 12.1. The van der Waals surface area contributed by atoms with Gasteiger partial charge in [-0.05, 0) is 38.3 Å². The van der Waals surface area contributed by atoms with Gasteiger partial charge >= 0.3 is 0 Å². The van der Waals surface area contributed by atoms with Gasteiger partial charge in [-0.25, -0.2) is 4.98 Å². The number of aromatic nitrogens is 1. The Kier molecular flexibility index (Phi) is 5.05. The van der Waals surface area contributed by atoms with Crippen LogP contribution in [0.3, 0.4) is 0 Å². The van der Waals surface area contributed by atoms with Gasteiger partial charge in [-0.3, -0.25) is 0 Å². The van der Waals surface area contributed by atoms with E-state index in [1.807, 2.05) is 13.0 Å². The highest BCUT2D eigenvalue weighted by Gasteiger charge is 2.08. The summed E-state index contributed by atoms with van der Waals surface area (Å²) in [4.78, 5) is 4.20. The Bertz CT molecular complexity index is 329. The molecule has 1 rings (SSSR count). The van der Waals surface area contributed by atoms with Crippen LogP contribution in [0.2, 0.25) is 0 Å². The number of rotatable bonds is 6. The van der Waals surface area contributed by atoms with E-state index in [-0.39, 0.29) is 6.61 Å². The van der Waals surface area contributed by atoms with Crippen LogP contribution in [-0.4, -0.2) is 29.8 Å². The summed E-state index contributed by atoms with van der Waals surface area (Å²) in [7, 11) is 1.61. The van der Waals surface area contributed by atoms with Crippen molar-refractivity contribution in [1.82, 2.24) is 4.98 Å². The number of nitrogens with one attached hydrogen (secondary N) is 1. The number of nitrogens with zero attached hydrogens (tertiary/aromatic N) is 1. The fourth-order valence-corrected chi connectivity index (χ4v) is 1.56. The number of aryl methyl sites for hydroxylation is 1. The minimum atomic E-state index is 0.231. The summed E-state index contributed by atoms with van der Waals surface area (Å²) < 4.78 is 5.18. The van der Waals surface area contributed by atoms with Crippen LogP contribution in [0.15, 0.2) is 12.3 Å². The van der Waals surface area contributed by atoms with E-state index in [2.05, 4.69) is 17.2 Å². The average Bonchev–Trinajstić information content (AvgIpc) is 2.27. The normalized spacial score (nSPS) is 12.2. The first-order valence-electron chi connectivity index (χ1n) is 5.55. The summed E-state index contributed by atoms with van der Waals surface area (Å²) in [6.45, 7) is 4.31. The van der Waals surface area contributed by atoms with E-state index >= 15 is 0 Å². The Morgan fingerprint density at radius 3 is 2.94 bits per heavy atom. The second kappa shape index (κ2) is 6.33. The molecule has 0 spiro atoms. The van der Waals surface area contributed by atoms with Gasteiger partial charge in [0.1, 0.15) is 0 Å². The van der Waals surface area contributed by atoms with Crippen molar-refractivity contribution in [1.29, 1.82) is 0 Å². The van der Waals surface area contributed by atoms with Gasteiger partial charge in [0.05, 0.1) is 12.8 Å². The standard InChI is InChI=1S/C12H20N2O2/c1-9-7-11(12(16-3)13-8-9)14-10(2)5-4-6-15/h7-8,10,14-15H,4-6H2,1-3H3. The highest BCUT2D eigenvalue weighted by Crippen LogP contribution is 2.23. The van der Waals surface area contributed by atoms with Crippen LogP contribution in [0.25, 0.3) is 0 Å². The Labute approximate surface area is 96.7 Å². The molecule has 0 aliphatic rings. The predicted molar refractivity (Wildman–Crippen MR) is 64.9 cm³/mol. The second-order valence-corrected chi connectivity index (χ2v) is 3.98. The van der Waals surface area contributed by atoms with E-state index in [1.165, 1.54) is 0 Å². The molecule has 16 heavy (non-hydrogen) atoms. The summed E-state index contributed by atoms with van der Waals surface area (Å²) in [5.74, 6) is 0.612. The summed E-state index contributed by atoms with van der Waals surface area (Å²) >= 11 is 0. The number of anilines is 1. The van der Waals surface area contributed by atoms with Gasteiger partial charge in [0.2, 0.25) is 5.88 Å². The van der Waals surface area contributed by atoms with E-state index in [1.54, 1.807) is 13.3 Å². The first-order chi connectivity index (χ1) is 7.67. The Balaban J connectivity index is 2.67. The quantitative estimate of drug-likeness (QED) is 0.775. The Morgan fingerprint density at radius 1 is 1.56 bits per heavy atom. The molecule has 1 aromatic heterocycles. The van der Waals surface area contributed by atoms with Gasteiger partial charge < -0.3 is 15.2 Å². The molecular formula is C12H20N2O2. The van der Waals surface area contributed by atoms with Crippen LogP contribution < -0.4 is 10.1 Å². The maximum Gasteiger partial charge on any atom is 0.237 e. The summed E-state index contributed by atoms with van der Waals surface area (Å²) in [6, 6.07) is 2.31. The SMILES string of the molecule is COc1ncc(C)cc1NC(C)CCCO. The van der Waals surface area contributed by atoms with Crippen molar-refractivity contribution in [2.24, 2.45) is 0 Å². The molecule has 0 fully saturated rings. The van der Waals surface area contributed by atoms with Crippen LogP contribution in [0.4, 0.5) is 5.69 Å². The topological polar surface area (TPSA) is 54.4 Å². The molecule has 0 aromatic carbocycles. The average molecular weight is 224 g/mol. The minimum Gasteiger partial charge on any atom is -0.480 e. The third kappa shape index (κ3) is 3.70. The largest absolute Gasteiger partial charge is 0.480 e. The lowest BCUT2D eigenvalue weighted by Gasteiger charge is -2.16. The number of aliphatic hydroxyl groups is 1. The maximum atomic E-state index is 8.76. The van der Waals surface area contributed by atoms with Crippen LogP contribution in [0.1, 0.15) is 25.3 Å². The van der Waals surface area contributed by atoms with Crippen molar-refractivity contribution in [3.63, 3.8) is 0 Å². The highest BCUT2D eigenvalue weighted by atomic mass is 16.5. The van der Waals surface area contributed by atoms with Gasteiger partial charge in [0.15, 0.2) is 0 Å². The minimum absolute atomic E-state index is 0.231. The van der Waals surface area contributed by atoms with Crippen LogP contribution >= 0.6 is 0 Å². The molecule has 0 amide bonds. The molecule has 0 aliphatic carbocycles. The highest BCUT2D eigenvalue weighted by molar-refractivity contribution is 5.54. The molecule has 0 saturated carbocycles. The second-order valence-electron chi connectivity index (χ2n) is 3.98. The fourth-order valence-electron chi connectivity index (χ4n) is 1.56. The number of hydrogen-bond donors (Lipinski definition) is 2. The smallest absolute Gasteiger partial charge is 0.237 e. The van der Waals surface area contributed by atoms with Gasteiger partial charge in [-0.2, -0.15) is 0 Å². The molecule has 4 nitrogen and oxygen atoms in total. The van der Waals surface area contributed by atoms with Gasteiger partial charge in [0.25, 0.3) is 0 Å². The molecule has 0 bridgehead atoms. The van der Waals surface area contributed by atoms with E-state index in [9.17, 15) is 0 Å². The molecule has 1 aromatic rings. The summed E-state index contributed by atoms with van der Waals surface area (Å²) in [5.41, 5.74) is 2.01. The van der Waals surface area contributed by atoms with E-state index in [0.29, 0.717) is 11.9 Å². The van der Waals surface area contributed by atoms with E-state index in [4.69, 9.17) is 9.84 Å². The number of pyridine rings is 1. The maximum absolute atomic E-state index is 8.76. The van der Waals surface area contributed by atoms with Crippen LogP contribution in [-0.2, 0) is 0 Å². The number of methoxy groups -OCH3 is 1. The zero-order valence-electron chi connectivity index (χ0n) is 10.2. The molecule has 0 saturated heterocycles. The first-order valence-corrected chi connectivity index (χ1v) is 5.55. The molecule has 1 unspecified atom stereocenters. The molecule has 2 N–H and O–H groups in total. The summed E-state index contributed by atoms with van der Waals surface area (Å²) in [6.07, 6.45) is 3.51. The van der Waals surface area contributed by atoms with Crippen molar-refractivity contribution in [3.8, 4) is 5.88 Å². The fraction of sp³-hybridized carbons (Fsp3) is 0.583. The molecule has 0 radical (unpaired) electrons. The number of aliphatic hydroxyl groups excluding tert-OH is 1. The Morgan fingerprint density at radius 2 is 2.31 bits per heavy atom. The molecule has 90 valence electrons. The predicted octanol–water partition coefficient (Wildman–Crippen LogP) is 1.97. The molecule has 4 heteroatoms. The third-order valence-electron chi connectivity index (χ3n) is 2.38. The van der Waals surface area contributed by atoms with Gasteiger partial charge in [0, 0.05) is 18.8 Å². The van der Waals surface area contributed by atoms with Crippen molar-refractivity contribution in [2.45, 2.75) is 32.7 Å². The Hall–Kier alpha value is -1.29. The van der Waals surface area contributed by atoms with Gasteiger partial charge in [-0.15, -0.1) is 0 Å². The molecular weight excluding hydrogens is 204 g/mol. The number of hydrogen-bond acceptors (Lipinski definition) is 4. The zero-order chi connectivity index (χ0) is 12.0. The van der Waals surface area contributed by atoms with Crippen LogP contribution in [0, 0.1) is 6.92 Å². The zero-order valence-corrected chi connectivity index (χ0v) is 10.2.